The van der Waals surface area contributed by atoms with Crippen molar-refractivity contribution in [3.05, 3.63) is 42.1 Å². The van der Waals surface area contributed by atoms with Crippen LogP contribution in [-0.4, -0.2) is 21.5 Å². The van der Waals surface area contributed by atoms with Crippen LogP contribution in [0.1, 0.15) is 19.4 Å². The van der Waals surface area contributed by atoms with Gasteiger partial charge in [0.2, 0.25) is 0 Å². The summed E-state index contributed by atoms with van der Waals surface area (Å²) in [6.45, 7) is 6.02. The lowest BCUT2D eigenvalue weighted by Crippen LogP contribution is -2.19. The van der Waals surface area contributed by atoms with Crippen molar-refractivity contribution in [1.82, 2.24) is 20.3 Å². The maximum atomic E-state index is 12.8. The molecule has 5 heteroatoms. The first kappa shape index (κ1) is 13.5. The zero-order valence-corrected chi connectivity index (χ0v) is 11.1. The quantitative estimate of drug-likeness (QED) is 0.897. The summed E-state index contributed by atoms with van der Waals surface area (Å²) in [4.78, 5) is 12.4. The van der Waals surface area contributed by atoms with Crippen LogP contribution in [0.25, 0.3) is 11.5 Å². The highest BCUT2D eigenvalue weighted by Crippen LogP contribution is 2.11. The van der Waals surface area contributed by atoms with Crippen LogP contribution in [-0.2, 0) is 6.54 Å². The van der Waals surface area contributed by atoms with Crippen molar-refractivity contribution >= 4 is 0 Å². The third-order valence-electron chi connectivity index (χ3n) is 2.54. The molecule has 0 radical (unpaired) electrons. The molecule has 2 aromatic rings. The Morgan fingerprint density at radius 1 is 1.11 bits per heavy atom. The van der Waals surface area contributed by atoms with E-state index in [1.165, 1.54) is 6.07 Å². The molecule has 1 N–H and O–H groups in total. The fourth-order valence-electron chi connectivity index (χ4n) is 1.59. The van der Waals surface area contributed by atoms with Gasteiger partial charge in [-0.25, -0.2) is 19.3 Å². The molecule has 0 amide bonds. The molecule has 19 heavy (non-hydrogen) atoms. The molecule has 2 heterocycles. The maximum absolute atomic E-state index is 12.8. The highest BCUT2D eigenvalue weighted by Gasteiger charge is 2.03. The molecule has 0 aliphatic rings. The van der Waals surface area contributed by atoms with Crippen LogP contribution >= 0.6 is 0 Å². The minimum absolute atomic E-state index is 0.363. The summed E-state index contributed by atoms with van der Waals surface area (Å²) in [7, 11) is 0. The van der Waals surface area contributed by atoms with Gasteiger partial charge in [-0.2, -0.15) is 0 Å². The van der Waals surface area contributed by atoms with E-state index in [0.29, 0.717) is 17.4 Å². The molecule has 0 unspecified atom stereocenters. The number of hydrogen-bond donors (Lipinski definition) is 1. The lowest BCUT2D eigenvalue weighted by Gasteiger charge is -2.07. The summed E-state index contributed by atoms with van der Waals surface area (Å²) in [5.74, 6) is 0.759. The van der Waals surface area contributed by atoms with E-state index >= 15 is 0 Å². The summed E-state index contributed by atoms with van der Waals surface area (Å²) in [6, 6.07) is 2.92. The van der Waals surface area contributed by atoms with Crippen LogP contribution in [0.2, 0.25) is 0 Å². The topological polar surface area (TPSA) is 50.7 Å². The Hall–Kier alpha value is -1.88. The van der Waals surface area contributed by atoms with Gasteiger partial charge in [-0.05, 0) is 24.6 Å². The minimum atomic E-state index is -0.363. The highest BCUT2D eigenvalue weighted by atomic mass is 19.1. The average molecular weight is 260 g/mol. The lowest BCUT2D eigenvalue weighted by molar-refractivity contribution is 0.551. The molecule has 0 bridgehead atoms. The largest absolute Gasteiger partial charge is 0.312 e. The van der Waals surface area contributed by atoms with E-state index in [1.807, 2.05) is 0 Å². The van der Waals surface area contributed by atoms with Crippen LogP contribution in [0, 0.1) is 11.7 Å². The highest BCUT2D eigenvalue weighted by molar-refractivity contribution is 5.47. The average Bonchev–Trinajstić information content (AvgIpc) is 2.40. The van der Waals surface area contributed by atoms with Crippen molar-refractivity contribution in [1.29, 1.82) is 0 Å². The molecule has 0 saturated carbocycles. The lowest BCUT2D eigenvalue weighted by atomic mass is 10.2. The molecule has 0 spiro atoms. The molecule has 0 fully saturated rings. The third kappa shape index (κ3) is 4.06. The number of pyridine rings is 1. The second-order valence-electron chi connectivity index (χ2n) is 4.80. The number of nitrogens with one attached hydrogen (secondary N) is 1. The van der Waals surface area contributed by atoms with E-state index in [1.54, 1.807) is 18.5 Å². The van der Waals surface area contributed by atoms with Crippen LogP contribution in [0.3, 0.4) is 0 Å². The number of halogens is 1. The minimum Gasteiger partial charge on any atom is -0.312 e. The van der Waals surface area contributed by atoms with Gasteiger partial charge < -0.3 is 5.32 Å². The van der Waals surface area contributed by atoms with Gasteiger partial charge in [0, 0.05) is 24.5 Å². The summed E-state index contributed by atoms with van der Waals surface area (Å²) in [5.41, 5.74) is 1.59. The Labute approximate surface area is 112 Å². The Morgan fingerprint density at radius 2 is 1.84 bits per heavy atom. The number of aromatic nitrogens is 3. The molecular formula is C14H17FN4. The Balaban J connectivity index is 2.00. The van der Waals surface area contributed by atoms with E-state index in [-0.39, 0.29) is 5.82 Å². The number of nitrogens with zero attached hydrogens (tertiary/aromatic N) is 3. The van der Waals surface area contributed by atoms with Crippen LogP contribution in [0.5, 0.6) is 0 Å². The van der Waals surface area contributed by atoms with E-state index in [0.717, 1.165) is 24.8 Å². The normalized spacial score (nSPS) is 10.9. The standard InChI is InChI=1S/C14H17FN4/c1-10(2)5-16-6-11-7-18-14(19-8-11)13-4-3-12(15)9-17-13/h3-4,7-10,16H,5-6H2,1-2H3. The van der Waals surface area contributed by atoms with E-state index in [2.05, 4.69) is 34.1 Å². The molecular weight excluding hydrogens is 243 g/mol. The summed E-state index contributed by atoms with van der Waals surface area (Å²) < 4.78 is 12.8. The van der Waals surface area contributed by atoms with Gasteiger partial charge in [0.05, 0.1) is 6.20 Å². The summed E-state index contributed by atoms with van der Waals surface area (Å²) in [6.07, 6.45) is 4.69. The van der Waals surface area contributed by atoms with Crippen molar-refractivity contribution in [3.63, 3.8) is 0 Å². The molecule has 0 saturated heterocycles. The van der Waals surface area contributed by atoms with Gasteiger partial charge in [-0.15, -0.1) is 0 Å². The smallest absolute Gasteiger partial charge is 0.178 e. The predicted octanol–water partition coefficient (Wildman–Crippen LogP) is 2.42. The van der Waals surface area contributed by atoms with Crippen molar-refractivity contribution in [3.8, 4) is 11.5 Å². The monoisotopic (exact) mass is 260 g/mol. The molecule has 0 aliphatic heterocycles. The molecule has 2 aromatic heterocycles. The molecule has 0 aliphatic carbocycles. The van der Waals surface area contributed by atoms with Crippen LogP contribution in [0.15, 0.2) is 30.7 Å². The van der Waals surface area contributed by atoms with E-state index in [4.69, 9.17) is 0 Å². The fourth-order valence-corrected chi connectivity index (χ4v) is 1.59. The first-order chi connectivity index (χ1) is 9.15. The van der Waals surface area contributed by atoms with Crippen molar-refractivity contribution in [2.45, 2.75) is 20.4 Å². The van der Waals surface area contributed by atoms with Gasteiger partial charge in [0.1, 0.15) is 11.5 Å². The zero-order chi connectivity index (χ0) is 13.7. The third-order valence-corrected chi connectivity index (χ3v) is 2.54. The van der Waals surface area contributed by atoms with Crippen molar-refractivity contribution in [2.75, 3.05) is 6.54 Å². The van der Waals surface area contributed by atoms with Crippen molar-refractivity contribution < 1.29 is 4.39 Å². The summed E-state index contributed by atoms with van der Waals surface area (Å²) in [5, 5.41) is 3.32. The van der Waals surface area contributed by atoms with E-state index < -0.39 is 0 Å². The van der Waals surface area contributed by atoms with E-state index in [9.17, 15) is 4.39 Å². The number of rotatable bonds is 5. The second kappa shape index (κ2) is 6.33. The zero-order valence-electron chi connectivity index (χ0n) is 11.1. The van der Waals surface area contributed by atoms with Crippen LogP contribution in [0.4, 0.5) is 4.39 Å². The first-order valence-electron chi connectivity index (χ1n) is 6.28. The second-order valence-corrected chi connectivity index (χ2v) is 4.80. The van der Waals surface area contributed by atoms with Gasteiger partial charge >= 0.3 is 0 Å². The van der Waals surface area contributed by atoms with Gasteiger partial charge in [0.15, 0.2) is 5.82 Å². The fraction of sp³-hybridized carbons (Fsp3) is 0.357. The van der Waals surface area contributed by atoms with Gasteiger partial charge in [-0.1, -0.05) is 13.8 Å². The molecule has 100 valence electrons. The predicted molar refractivity (Wildman–Crippen MR) is 71.8 cm³/mol. The maximum Gasteiger partial charge on any atom is 0.178 e. The molecule has 2 rings (SSSR count). The summed E-state index contributed by atoms with van der Waals surface area (Å²) >= 11 is 0. The molecule has 0 atom stereocenters. The van der Waals surface area contributed by atoms with Gasteiger partial charge in [0.25, 0.3) is 0 Å². The van der Waals surface area contributed by atoms with Crippen LogP contribution < -0.4 is 5.32 Å². The van der Waals surface area contributed by atoms with Gasteiger partial charge in [-0.3, -0.25) is 0 Å². The molecule has 0 aromatic carbocycles. The SMILES string of the molecule is CC(C)CNCc1cnc(-c2ccc(F)cn2)nc1. The Kier molecular flexibility index (Phi) is 4.52. The van der Waals surface area contributed by atoms with Crippen molar-refractivity contribution in [2.24, 2.45) is 5.92 Å². The Bertz CT molecular complexity index is 508. The first-order valence-corrected chi connectivity index (χ1v) is 6.28. The Morgan fingerprint density at radius 3 is 2.42 bits per heavy atom. The number of hydrogen-bond acceptors (Lipinski definition) is 4. The molecule has 4 nitrogen and oxygen atoms in total.